The summed E-state index contributed by atoms with van der Waals surface area (Å²) in [5.74, 6) is 0.0582. The zero-order valence-corrected chi connectivity index (χ0v) is 15.9. The Labute approximate surface area is 156 Å². The number of carbonyl (C=O) groups is 1. The van der Waals surface area contributed by atoms with Crippen LogP contribution in [-0.4, -0.2) is 28.5 Å². The summed E-state index contributed by atoms with van der Waals surface area (Å²) in [6, 6.07) is 6.06. The van der Waals surface area contributed by atoms with E-state index in [1.165, 1.54) is 12.1 Å². The third kappa shape index (κ3) is 6.01. The number of hydrogen-bond acceptors (Lipinski definition) is 3. The van der Waals surface area contributed by atoms with Gasteiger partial charge in [0.15, 0.2) is 6.61 Å². The molecule has 0 saturated carbocycles. The third-order valence-electron chi connectivity index (χ3n) is 3.96. The van der Waals surface area contributed by atoms with Crippen molar-refractivity contribution in [3.63, 3.8) is 0 Å². The first-order chi connectivity index (χ1) is 12.6. The number of halogens is 3. The molecule has 0 aliphatic rings. The molecule has 1 aromatic heterocycles. The normalized spacial score (nSPS) is 11.7. The molecule has 0 fully saturated rings. The monoisotopic (exact) mass is 383 g/mol. The van der Waals surface area contributed by atoms with Crippen molar-refractivity contribution in [2.75, 3.05) is 11.9 Å². The van der Waals surface area contributed by atoms with Crippen molar-refractivity contribution in [1.29, 1.82) is 0 Å². The molecule has 0 saturated heterocycles. The highest BCUT2D eigenvalue weighted by Crippen LogP contribution is 2.26. The fourth-order valence-electron chi connectivity index (χ4n) is 2.72. The molecule has 0 radical (unpaired) electrons. The standard InChI is InChI=1S/C19H24F3N3O2/c1-12(2)10-25-14(4)15(13(3)24-25)9-18(26)23-16-7-5-6-8-17(16)27-11-19(20,21)22/h5-8,12H,9-11H2,1-4H3,(H,23,26). The van der Waals surface area contributed by atoms with Crippen molar-refractivity contribution < 1.29 is 22.7 Å². The molecule has 1 amide bonds. The summed E-state index contributed by atoms with van der Waals surface area (Å²) in [5, 5.41) is 7.10. The molecule has 0 spiro atoms. The van der Waals surface area contributed by atoms with E-state index in [1.54, 1.807) is 12.1 Å². The number of anilines is 1. The molecule has 0 bridgehead atoms. The summed E-state index contributed by atoms with van der Waals surface area (Å²) in [6.45, 7) is 7.25. The van der Waals surface area contributed by atoms with E-state index in [-0.39, 0.29) is 23.8 Å². The second kappa shape index (κ2) is 8.45. The fourth-order valence-corrected chi connectivity index (χ4v) is 2.72. The summed E-state index contributed by atoms with van der Waals surface area (Å²) < 4.78 is 43.8. The van der Waals surface area contributed by atoms with Crippen molar-refractivity contribution in [2.45, 2.75) is 46.8 Å². The van der Waals surface area contributed by atoms with E-state index >= 15 is 0 Å². The Hall–Kier alpha value is -2.51. The number of alkyl halides is 3. The smallest absolute Gasteiger partial charge is 0.422 e. The van der Waals surface area contributed by atoms with E-state index < -0.39 is 12.8 Å². The number of aromatic nitrogens is 2. The number of ether oxygens (including phenoxy) is 1. The van der Waals surface area contributed by atoms with Gasteiger partial charge in [0, 0.05) is 17.8 Å². The minimum Gasteiger partial charge on any atom is -0.482 e. The molecular weight excluding hydrogens is 359 g/mol. The number of nitrogens with one attached hydrogen (secondary N) is 1. The van der Waals surface area contributed by atoms with Gasteiger partial charge in [-0.25, -0.2) is 0 Å². The van der Waals surface area contributed by atoms with E-state index in [2.05, 4.69) is 24.3 Å². The summed E-state index contributed by atoms with van der Waals surface area (Å²) in [5.41, 5.74) is 2.71. The van der Waals surface area contributed by atoms with Crippen LogP contribution < -0.4 is 10.1 Å². The van der Waals surface area contributed by atoms with Gasteiger partial charge in [-0.1, -0.05) is 26.0 Å². The van der Waals surface area contributed by atoms with E-state index in [4.69, 9.17) is 4.74 Å². The molecular formula is C19H24F3N3O2. The van der Waals surface area contributed by atoms with Crippen LogP contribution in [0.3, 0.4) is 0 Å². The first-order valence-corrected chi connectivity index (χ1v) is 8.68. The molecule has 0 aliphatic carbocycles. The molecule has 0 aliphatic heterocycles. The van der Waals surface area contributed by atoms with E-state index in [0.29, 0.717) is 5.92 Å². The first-order valence-electron chi connectivity index (χ1n) is 8.68. The van der Waals surface area contributed by atoms with Gasteiger partial charge in [0.2, 0.25) is 5.91 Å². The van der Waals surface area contributed by atoms with Gasteiger partial charge in [0.25, 0.3) is 0 Å². The number of para-hydroxylation sites is 2. The lowest BCUT2D eigenvalue weighted by Crippen LogP contribution is -2.21. The number of hydrogen-bond donors (Lipinski definition) is 1. The molecule has 148 valence electrons. The van der Waals surface area contributed by atoms with Gasteiger partial charge < -0.3 is 10.1 Å². The highest BCUT2D eigenvalue weighted by Gasteiger charge is 2.29. The molecule has 1 N–H and O–H groups in total. The maximum atomic E-state index is 12.4. The maximum absolute atomic E-state index is 12.4. The lowest BCUT2D eigenvalue weighted by molar-refractivity contribution is -0.153. The van der Waals surface area contributed by atoms with Crippen LogP contribution in [0.1, 0.15) is 30.8 Å². The van der Waals surface area contributed by atoms with Crippen LogP contribution in [0.2, 0.25) is 0 Å². The Balaban J connectivity index is 2.10. The predicted octanol–water partition coefficient (Wildman–Crippen LogP) is 4.28. The Morgan fingerprint density at radius 2 is 1.93 bits per heavy atom. The summed E-state index contributed by atoms with van der Waals surface area (Å²) in [7, 11) is 0. The number of rotatable bonds is 7. The van der Waals surface area contributed by atoms with Crippen LogP contribution in [0.15, 0.2) is 24.3 Å². The number of nitrogens with zero attached hydrogens (tertiary/aromatic N) is 2. The molecule has 0 unspecified atom stereocenters. The molecule has 8 heteroatoms. The number of carbonyl (C=O) groups excluding carboxylic acids is 1. The predicted molar refractivity (Wildman–Crippen MR) is 96.9 cm³/mol. The summed E-state index contributed by atoms with van der Waals surface area (Å²) in [6.07, 6.45) is -4.36. The maximum Gasteiger partial charge on any atom is 0.422 e. The minimum atomic E-state index is -4.45. The van der Waals surface area contributed by atoms with Crippen molar-refractivity contribution in [3.8, 4) is 5.75 Å². The topological polar surface area (TPSA) is 56.2 Å². The lowest BCUT2D eigenvalue weighted by Gasteiger charge is -2.14. The summed E-state index contributed by atoms with van der Waals surface area (Å²) in [4.78, 5) is 12.4. The number of amides is 1. The summed E-state index contributed by atoms with van der Waals surface area (Å²) >= 11 is 0. The Bertz CT molecular complexity index is 798. The van der Waals surface area contributed by atoms with Crippen molar-refractivity contribution in [3.05, 3.63) is 41.2 Å². The number of aryl methyl sites for hydroxylation is 1. The van der Waals surface area contributed by atoms with Crippen LogP contribution in [-0.2, 0) is 17.8 Å². The molecule has 1 aromatic carbocycles. The molecule has 1 heterocycles. The number of benzene rings is 1. The second-order valence-electron chi connectivity index (χ2n) is 6.85. The highest BCUT2D eigenvalue weighted by atomic mass is 19.4. The Morgan fingerprint density at radius 1 is 1.26 bits per heavy atom. The fraction of sp³-hybridized carbons (Fsp3) is 0.474. The lowest BCUT2D eigenvalue weighted by atomic mass is 10.1. The van der Waals surface area contributed by atoms with Gasteiger partial charge in [0.1, 0.15) is 5.75 Å². The van der Waals surface area contributed by atoms with Gasteiger partial charge in [-0.15, -0.1) is 0 Å². The zero-order valence-electron chi connectivity index (χ0n) is 15.9. The zero-order chi connectivity index (χ0) is 20.2. The van der Waals surface area contributed by atoms with E-state index in [1.807, 2.05) is 18.5 Å². The van der Waals surface area contributed by atoms with Crippen molar-refractivity contribution >= 4 is 11.6 Å². The largest absolute Gasteiger partial charge is 0.482 e. The van der Waals surface area contributed by atoms with Crippen molar-refractivity contribution in [1.82, 2.24) is 9.78 Å². The Morgan fingerprint density at radius 3 is 2.56 bits per heavy atom. The minimum absolute atomic E-state index is 0.0212. The van der Waals surface area contributed by atoms with Gasteiger partial charge in [-0.3, -0.25) is 9.48 Å². The molecule has 5 nitrogen and oxygen atoms in total. The third-order valence-corrected chi connectivity index (χ3v) is 3.96. The Kier molecular flexibility index (Phi) is 6.51. The SMILES string of the molecule is Cc1nn(CC(C)C)c(C)c1CC(=O)Nc1ccccc1OCC(F)(F)F. The van der Waals surface area contributed by atoms with Gasteiger partial charge in [-0.05, 0) is 31.9 Å². The van der Waals surface area contributed by atoms with Gasteiger partial charge in [0.05, 0.1) is 17.8 Å². The molecule has 2 rings (SSSR count). The van der Waals surface area contributed by atoms with E-state index in [0.717, 1.165) is 23.5 Å². The molecule has 2 aromatic rings. The van der Waals surface area contributed by atoms with Crippen LogP contribution in [0, 0.1) is 19.8 Å². The van der Waals surface area contributed by atoms with Crippen LogP contribution in [0.5, 0.6) is 5.75 Å². The average Bonchev–Trinajstić information content (AvgIpc) is 2.80. The van der Waals surface area contributed by atoms with Crippen LogP contribution in [0.4, 0.5) is 18.9 Å². The van der Waals surface area contributed by atoms with Crippen LogP contribution >= 0.6 is 0 Å². The van der Waals surface area contributed by atoms with E-state index in [9.17, 15) is 18.0 Å². The molecule has 27 heavy (non-hydrogen) atoms. The average molecular weight is 383 g/mol. The molecule has 0 atom stereocenters. The first kappa shape index (κ1) is 20.8. The van der Waals surface area contributed by atoms with Crippen molar-refractivity contribution in [2.24, 2.45) is 5.92 Å². The highest BCUT2D eigenvalue weighted by molar-refractivity contribution is 5.93. The second-order valence-corrected chi connectivity index (χ2v) is 6.85. The van der Waals surface area contributed by atoms with Gasteiger partial charge in [-0.2, -0.15) is 18.3 Å². The van der Waals surface area contributed by atoms with Gasteiger partial charge >= 0.3 is 6.18 Å². The van der Waals surface area contributed by atoms with Crippen LogP contribution in [0.25, 0.3) is 0 Å². The quantitative estimate of drug-likeness (QED) is 0.777.